The molecule has 0 unspecified atom stereocenters. The molecule has 2 aliphatic rings. The zero-order valence-corrected chi connectivity index (χ0v) is 18.6. The topological polar surface area (TPSA) is 41.9 Å². The number of para-hydroxylation sites is 1. The number of benzene rings is 2. The van der Waals surface area contributed by atoms with Gasteiger partial charge in [0, 0.05) is 6.04 Å². The summed E-state index contributed by atoms with van der Waals surface area (Å²) in [6.45, 7) is 4.28. The summed E-state index contributed by atoms with van der Waals surface area (Å²) in [6, 6.07) is 16.1. The van der Waals surface area contributed by atoms with E-state index in [1.165, 1.54) is 24.6 Å². The van der Waals surface area contributed by atoms with Crippen molar-refractivity contribution in [2.75, 3.05) is 7.11 Å². The average molecular weight is 421 g/mol. The van der Waals surface area contributed by atoms with E-state index < -0.39 is 0 Å². The van der Waals surface area contributed by atoms with Crippen LogP contribution in [-0.4, -0.2) is 29.1 Å². The lowest BCUT2D eigenvalue weighted by atomic mass is 9.85. The second-order valence-electron chi connectivity index (χ2n) is 8.07. The first kappa shape index (κ1) is 20.7. The molecule has 1 aliphatic heterocycles. The number of aryl methyl sites for hydroxylation is 1. The normalized spacial score (nSPS) is 24.6. The van der Waals surface area contributed by atoms with Crippen molar-refractivity contribution in [1.29, 1.82) is 0 Å². The summed E-state index contributed by atoms with van der Waals surface area (Å²) in [5, 5.41) is 0.793. The Bertz CT molecular complexity index is 984. The molecule has 1 aliphatic carbocycles. The lowest BCUT2D eigenvalue weighted by Gasteiger charge is -2.35. The Balaban J connectivity index is 1.71. The van der Waals surface area contributed by atoms with E-state index in [1.54, 1.807) is 7.11 Å². The van der Waals surface area contributed by atoms with Crippen LogP contribution in [0.25, 0.3) is 6.08 Å². The lowest BCUT2D eigenvalue weighted by molar-refractivity contribution is -0.124. The molecule has 4 rings (SSSR count). The molecule has 30 heavy (non-hydrogen) atoms. The van der Waals surface area contributed by atoms with Gasteiger partial charge in [0.2, 0.25) is 0 Å². The third-order valence-electron chi connectivity index (χ3n) is 5.93. The maximum absolute atomic E-state index is 13.5. The molecular formula is C25H28N2O2S. The van der Waals surface area contributed by atoms with Crippen molar-refractivity contribution in [2.24, 2.45) is 10.9 Å². The summed E-state index contributed by atoms with van der Waals surface area (Å²) >= 11 is 1.48. The first-order chi connectivity index (χ1) is 14.6. The quantitative estimate of drug-likeness (QED) is 0.554. The molecule has 1 saturated heterocycles. The maximum atomic E-state index is 13.5. The summed E-state index contributed by atoms with van der Waals surface area (Å²) < 4.78 is 5.36. The van der Waals surface area contributed by atoms with Crippen LogP contribution in [-0.2, 0) is 4.79 Å². The van der Waals surface area contributed by atoms with Gasteiger partial charge in [0.05, 0.1) is 17.7 Å². The molecule has 156 valence electrons. The minimum atomic E-state index is 0.0712. The van der Waals surface area contributed by atoms with Crippen molar-refractivity contribution in [3.05, 3.63) is 64.6 Å². The minimum Gasteiger partial charge on any atom is -0.496 e. The van der Waals surface area contributed by atoms with E-state index in [0.29, 0.717) is 5.92 Å². The van der Waals surface area contributed by atoms with E-state index in [-0.39, 0.29) is 11.9 Å². The van der Waals surface area contributed by atoms with E-state index in [2.05, 4.69) is 13.0 Å². The molecule has 0 aromatic heterocycles. The van der Waals surface area contributed by atoms with Crippen molar-refractivity contribution in [3.8, 4) is 5.75 Å². The van der Waals surface area contributed by atoms with E-state index >= 15 is 0 Å². The molecule has 1 heterocycles. The fourth-order valence-electron chi connectivity index (χ4n) is 4.29. The number of rotatable bonds is 4. The Labute approximate surface area is 183 Å². The molecular weight excluding hydrogens is 392 g/mol. The highest BCUT2D eigenvalue weighted by molar-refractivity contribution is 8.18. The van der Waals surface area contributed by atoms with Crippen LogP contribution in [0.1, 0.15) is 43.7 Å². The highest BCUT2D eigenvalue weighted by Gasteiger charge is 2.41. The van der Waals surface area contributed by atoms with Crippen molar-refractivity contribution in [3.63, 3.8) is 0 Å². The number of ether oxygens (including phenoxy) is 1. The predicted molar refractivity (Wildman–Crippen MR) is 125 cm³/mol. The van der Waals surface area contributed by atoms with Crippen LogP contribution in [0, 0.1) is 12.8 Å². The number of hydrogen-bond acceptors (Lipinski definition) is 4. The number of amides is 1. The van der Waals surface area contributed by atoms with Gasteiger partial charge in [-0.2, -0.15) is 0 Å². The zero-order chi connectivity index (χ0) is 21.1. The van der Waals surface area contributed by atoms with Crippen molar-refractivity contribution < 1.29 is 9.53 Å². The molecule has 0 N–H and O–H groups in total. The van der Waals surface area contributed by atoms with Gasteiger partial charge in [-0.15, -0.1) is 0 Å². The molecule has 0 bridgehead atoms. The third-order valence-corrected chi connectivity index (χ3v) is 6.92. The number of amidine groups is 1. The zero-order valence-electron chi connectivity index (χ0n) is 17.8. The highest BCUT2D eigenvalue weighted by atomic mass is 32.2. The fraction of sp³-hybridized carbons (Fsp3) is 0.360. The van der Waals surface area contributed by atoms with Gasteiger partial charge in [-0.25, -0.2) is 4.99 Å². The molecule has 2 aromatic carbocycles. The summed E-state index contributed by atoms with van der Waals surface area (Å²) in [6.07, 6.45) is 6.59. The van der Waals surface area contributed by atoms with E-state index in [9.17, 15) is 4.79 Å². The number of methoxy groups -OCH3 is 1. The molecule has 2 aromatic rings. The monoisotopic (exact) mass is 420 g/mol. The summed E-state index contributed by atoms with van der Waals surface area (Å²) in [7, 11) is 1.67. The van der Waals surface area contributed by atoms with E-state index in [1.807, 2.05) is 60.4 Å². The molecule has 1 amide bonds. The van der Waals surface area contributed by atoms with Crippen LogP contribution < -0.4 is 4.74 Å². The van der Waals surface area contributed by atoms with Gasteiger partial charge in [-0.05, 0) is 78.9 Å². The van der Waals surface area contributed by atoms with E-state index in [4.69, 9.17) is 9.73 Å². The van der Waals surface area contributed by atoms with Gasteiger partial charge in [0.15, 0.2) is 5.17 Å². The van der Waals surface area contributed by atoms with Crippen LogP contribution in [0.2, 0.25) is 0 Å². The van der Waals surface area contributed by atoms with Crippen LogP contribution in [0.4, 0.5) is 5.69 Å². The highest BCUT2D eigenvalue weighted by Crippen LogP contribution is 2.40. The van der Waals surface area contributed by atoms with Crippen molar-refractivity contribution in [1.82, 2.24) is 4.90 Å². The van der Waals surface area contributed by atoms with Gasteiger partial charge < -0.3 is 4.74 Å². The number of hydrogen-bond donors (Lipinski definition) is 0. The van der Waals surface area contributed by atoms with Crippen LogP contribution >= 0.6 is 11.8 Å². The Morgan fingerprint density at radius 3 is 2.60 bits per heavy atom. The molecule has 0 radical (unpaired) electrons. The minimum absolute atomic E-state index is 0.0712. The summed E-state index contributed by atoms with van der Waals surface area (Å²) in [4.78, 5) is 21.0. The van der Waals surface area contributed by atoms with Gasteiger partial charge in [-0.3, -0.25) is 9.69 Å². The van der Waals surface area contributed by atoms with Gasteiger partial charge >= 0.3 is 0 Å². The smallest absolute Gasteiger partial charge is 0.267 e. The van der Waals surface area contributed by atoms with E-state index in [0.717, 1.165) is 45.5 Å². The Morgan fingerprint density at radius 2 is 1.90 bits per heavy atom. The second-order valence-corrected chi connectivity index (χ2v) is 9.08. The number of aliphatic imine (C=N–C) groups is 1. The standard InChI is InChI=1S/C25H28N2O2S/c1-17-9-7-8-12-21(17)27-24(28)23(16-19-13-14-22(29-3)18(2)15-19)30-25(27)26-20-10-5-4-6-11-20/h4-6,10-11,13-17,21H,7-9,12H2,1-3H3/b23-16-,26-25?/t17-,21-/m0/s1. The molecule has 2 fully saturated rings. The van der Waals surface area contributed by atoms with Gasteiger partial charge in [0.25, 0.3) is 5.91 Å². The number of carbonyl (C=O) groups excluding carboxylic acids is 1. The summed E-state index contributed by atoms with van der Waals surface area (Å²) in [5.41, 5.74) is 2.93. The molecule has 0 spiro atoms. The first-order valence-electron chi connectivity index (χ1n) is 10.6. The van der Waals surface area contributed by atoms with Crippen molar-refractivity contribution >= 4 is 34.6 Å². The summed E-state index contributed by atoms with van der Waals surface area (Å²) in [5.74, 6) is 1.40. The van der Waals surface area contributed by atoms with Gasteiger partial charge in [0.1, 0.15) is 5.75 Å². The van der Waals surface area contributed by atoms with Crippen LogP contribution in [0.15, 0.2) is 58.4 Å². The molecule has 2 atom stereocenters. The van der Waals surface area contributed by atoms with Crippen molar-refractivity contribution in [2.45, 2.75) is 45.6 Å². The number of carbonyl (C=O) groups is 1. The predicted octanol–water partition coefficient (Wildman–Crippen LogP) is 6.19. The second kappa shape index (κ2) is 9.09. The fourth-order valence-corrected chi connectivity index (χ4v) is 5.34. The van der Waals surface area contributed by atoms with Crippen LogP contribution in [0.3, 0.4) is 0 Å². The van der Waals surface area contributed by atoms with Crippen LogP contribution in [0.5, 0.6) is 5.75 Å². The largest absolute Gasteiger partial charge is 0.496 e. The number of nitrogens with zero attached hydrogens (tertiary/aromatic N) is 2. The average Bonchev–Trinajstić information content (AvgIpc) is 3.04. The lowest BCUT2D eigenvalue weighted by Crippen LogP contribution is -2.44. The Kier molecular flexibility index (Phi) is 6.28. The third kappa shape index (κ3) is 4.31. The maximum Gasteiger partial charge on any atom is 0.267 e. The SMILES string of the molecule is COc1ccc(/C=C2\SC(=Nc3ccccc3)N([C@H]3CCCC[C@@H]3C)C2=O)cc1C. The Hall–Kier alpha value is -2.53. The molecule has 4 nitrogen and oxygen atoms in total. The Morgan fingerprint density at radius 1 is 1.13 bits per heavy atom. The number of thioether (sulfide) groups is 1. The molecule has 1 saturated carbocycles. The first-order valence-corrected chi connectivity index (χ1v) is 11.4. The molecule has 5 heteroatoms. The van der Waals surface area contributed by atoms with Gasteiger partial charge in [-0.1, -0.05) is 44.0 Å².